The summed E-state index contributed by atoms with van der Waals surface area (Å²) in [6, 6.07) is 10.4. The van der Waals surface area contributed by atoms with Gasteiger partial charge in [-0.3, -0.25) is 9.59 Å². The maximum atomic E-state index is 12.2. The second-order valence-corrected chi connectivity index (χ2v) is 7.48. The first-order chi connectivity index (χ1) is 13.0. The van der Waals surface area contributed by atoms with Crippen molar-refractivity contribution in [2.24, 2.45) is 0 Å². The molecule has 0 unspecified atom stereocenters. The van der Waals surface area contributed by atoms with Crippen LogP contribution in [0.3, 0.4) is 0 Å². The highest BCUT2D eigenvalue weighted by Gasteiger charge is 2.19. The molecule has 2 N–H and O–H groups in total. The van der Waals surface area contributed by atoms with Gasteiger partial charge in [0.1, 0.15) is 0 Å². The molecular formula is C21H24N2O3S. The van der Waals surface area contributed by atoms with E-state index in [1.54, 1.807) is 18.3 Å². The number of carbonyl (C=O) groups excluding carboxylic acids is 2. The number of ether oxygens (including phenoxy) is 1. The molecule has 2 aromatic heterocycles. The van der Waals surface area contributed by atoms with Crippen LogP contribution in [-0.4, -0.2) is 29.5 Å². The average molecular weight is 385 g/mol. The molecule has 3 aromatic rings. The maximum Gasteiger partial charge on any atom is 0.306 e. The Morgan fingerprint density at radius 1 is 1.30 bits per heavy atom. The van der Waals surface area contributed by atoms with Crippen LogP contribution in [0.15, 0.2) is 35.7 Å². The van der Waals surface area contributed by atoms with Crippen LogP contribution < -0.4 is 5.32 Å². The molecule has 0 aliphatic heterocycles. The zero-order valence-electron chi connectivity index (χ0n) is 15.8. The van der Waals surface area contributed by atoms with E-state index in [1.807, 2.05) is 18.4 Å². The summed E-state index contributed by atoms with van der Waals surface area (Å²) >= 11 is 1.66. The Labute approximate surface area is 162 Å². The Balaban J connectivity index is 1.79. The van der Waals surface area contributed by atoms with Crippen molar-refractivity contribution >= 4 is 34.1 Å². The summed E-state index contributed by atoms with van der Waals surface area (Å²) in [6.07, 6.45) is 0.000119. The molecule has 3 rings (SSSR count). The molecule has 6 heteroatoms. The van der Waals surface area contributed by atoms with Crippen molar-refractivity contribution in [3.8, 4) is 10.6 Å². The molecule has 0 saturated carbocycles. The fourth-order valence-corrected chi connectivity index (χ4v) is 3.86. The number of fused-ring (bicyclic) bond motifs is 1. The highest BCUT2D eigenvalue weighted by atomic mass is 32.1. The zero-order valence-corrected chi connectivity index (χ0v) is 16.6. The molecule has 27 heavy (non-hydrogen) atoms. The number of thiophene rings is 1. The number of aryl methyl sites for hydroxylation is 2. The van der Waals surface area contributed by atoms with Gasteiger partial charge < -0.3 is 15.0 Å². The van der Waals surface area contributed by atoms with Crippen LogP contribution >= 0.6 is 11.3 Å². The Bertz CT molecular complexity index is 944. The fraction of sp³-hybridized carbons (Fsp3) is 0.333. The number of nitrogens with one attached hydrogen (secondary N) is 2. The van der Waals surface area contributed by atoms with Gasteiger partial charge in [-0.15, -0.1) is 11.3 Å². The second-order valence-electron chi connectivity index (χ2n) is 6.53. The number of aromatic amines is 1. The summed E-state index contributed by atoms with van der Waals surface area (Å²) in [5.41, 5.74) is 4.39. The van der Waals surface area contributed by atoms with Crippen molar-refractivity contribution in [1.29, 1.82) is 0 Å². The zero-order chi connectivity index (χ0) is 19.4. The number of hydrogen-bond donors (Lipinski definition) is 2. The number of hydrogen-bond acceptors (Lipinski definition) is 4. The van der Waals surface area contributed by atoms with Crippen LogP contribution in [0, 0.1) is 6.92 Å². The van der Waals surface area contributed by atoms with Gasteiger partial charge in [-0.25, -0.2) is 0 Å². The first-order valence-electron chi connectivity index (χ1n) is 9.12. The molecule has 5 nitrogen and oxygen atoms in total. The van der Waals surface area contributed by atoms with E-state index in [-0.39, 0.29) is 18.3 Å². The van der Waals surface area contributed by atoms with Gasteiger partial charge in [0.2, 0.25) is 0 Å². The Morgan fingerprint density at radius 2 is 2.11 bits per heavy atom. The molecule has 2 heterocycles. The first kappa shape index (κ1) is 19.2. The molecule has 0 fully saturated rings. The molecule has 142 valence electrons. The molecule has 0 bridgehead atoms. The standard InChI is InChI=1S/C21H24N2O3S/c1-4-22-21(25)14(3)26-19(24)10-8-15-16-12-13(2)7-9-17(16)23-20(15)18-6-5-11-27-18/h5-7,9,11-12,14,23H,4,8,10H2,1-3H3,(H,22,25)/t14-/m0/s1. The molecule has 1 aromatic carbocycles. The number of carbonyl (C=O) groups is 2. The van der Waals surface area contributed by atoms with E-state index < -0.39 is 6.10 Å². The highest BCUT2D eigenvalue weighted by Crippen LogP contribution is 2.34. The predicted molar refractivity (Wildman–Crippen MR) is 109 cm³/mol. The summed E-state index contributed by atoms with van der Waals surface area (Å²) in [5, 5.41) is 5.83. The maximum absolute atomic E-state index is 12.2. The van der Waals surface area contributed by atoms with Crippen LogP contribution in [0.1, 0.15) is 31.4 Å². The predicted octanol–water partition coefficient (Wildman–Crippen LogP) is 4.21. The third-order valence-electron chi connectivity index (χ3n) is 4.44. The van der Waals surface area contributed by atoms with Crippen molar-refractivity contribution in [1.82, 2.24) is 10.3 Å². The monoisotopic (exact) mass is 384 g/mol. The number of amides is 1. The Hall–Kier alpha value is -2.60. The average Bonchev–Trinajstić information content (AvgIpc) is 3.27. The van der Waals surface area contributed by atoms with Crippen LogP contribution in [0.2, 0.25) is 0 Å². The number of benzene rings is 1. The van der Waals surface area contributed by atoms with Gasteiger partial charge in [0.05, 0.1) is 10.6 Å². The first-order valence-corrected chi connectivity index (χ1v) is 9.99. The summed E-state index contributed by atoms with van der Waals surface area (Å²) in [6.45, 7) is 6.00. The molecule has 0 radical (unpaired) electrons. The minimum absolute atomic E-state index is 0.225. The number of esters is 1. The number of rotatable bonds is 7. The van der Waals surface area contributed by atoms with Crippen molar-refractivity contribution in [2.75, 3.05) is 6.54 Å². The van der Waals surface area contributed by atoms with Crippen LogP contribution in [0.25, 0.3) is 21.5 Å². The molecule has 1 atom stereocenters. The Kier molecular flexibility index (Phi) is 5.96. The van der Waals surface area contributed by atoms with Crippen molar-refractivity contribution in [2.45, 2.75) is 39.7 Å². The van der Waals surface area contributed by atoms with E-state index in [0.29, 0.717) is 13.0 Å². The lowest BCUT2D eigenvalue weighted by Crippen LogP contribution is -2.35. The van der Waals surface area contributed by atoms with Gasteiger partial charge >= 0.3 is 5.97 Å². The van der Waals surface area contributed by atoms with Crippen molar-refractivity contribution < 1.29 is 14.3 Å². The molecule has 0 saturated heterocycles. The normalized spacial score (nSPS) is 12.1. The van der Waals surface area contributed by atoms with E-state index in [4.69, 9.17) is 4.74 Å². The minimum Gasteiger partial charge on any atom is -0.453 e. The third kappa shape index (κ3) is 4.39. The minimum atomic E-state index is -0.778. The lowest BCUT2D eigenvalue weighted by molar-refractivity contribution is -0.154. The summed E-state index contributed by atoms with van der Waals surface area (Å²) in [7, 11) is 0. The number of aromatic nitrogens is 1. The van der Waals surface area contributed by atoms with E-state index >= 15 is 0 Å². The molecular weight excluding hydrogens is 360 g/mol. The lowest BCUT2D eigenvalue weighted by Gasteiger charge is -2.12. The molecule has 1 amide bonds. The summed E-state index contributed by atoms with van der Waals surface area (Å²) in [5.74, 6) is -0.638. The quantitative estimate of drug-likeness (QED) is 0.600. The lowest BCUT2D eigenvalue weighted by atomic mass is 10.0. The SMILES string of the molecule is CCNC(=O)[C@H](C)OC(=O)CCc1c(-c2cccs2)[nH]c2ccc(C)cc12. The Morgan fingerprint density at radius 3 is 2.81 bits per heavy atom. The van der Waals surface area contributed by atoms with Gasteiger partial charge in [0.25, 0.3) is 5.91 Å². The van der Waals surface area contributed by atoms with Gasteiger partial charge in [-0.05, 0) is 56.3 Å². The van der Waals surface area contributed by atoms with Crippen LogP contribution in [0.5, 0.6) is 0 Å². The smallest absolute Gasteiger partial charge is 0.306 e. The van der Waals surface area contributed by atoms with Crippen LogP contribution in [-0.2, 0) is 20.7 Å². The van der Waals surface area contributed by atoms with E-state index in [9.17, 15) is 9.59 Å². The third-order valence-corrected chi connectivity index (χ3v) is 5.32. The van der Waals surface area contributed by atoms with Crippen molar-refractivity contribution in [3.05, 3.63) is 46.8 Å². The molecule has 0 aliphatic rings. The number of likely N-dealkylation sites (N-methyl/N-ethyl adjacent to an activating group) is 1. The molecule has 0 spiro atoms. The van der Waals surface area contributed by atoms with Gasteiger partial charge in [0.15, 0.2) is 6.10 Å². The van der Waals surface area contributed by atoms with E-state index in [2.05, 4.69) is 41.5 Å². The summed E-state index contributed by atoms with van der Waals surface area (Å²) < 4.78 is 5.27. The molecule has 0 aliphatic carbocycles. The second kappa shape index (κ2) is 8.39. The van der Waals surface area contributed by atoms with Gasteiger partial charge in [-0.2, -0.15) is 0 Å². The van der Waals surface area contributed by atoms with E-state index in [0.717, 1.165) is 27.0 Å². The largest absolute Gasteiger partial charge is 0.453 e. The highest BCUT2D eigenvalue weighted by molar-refractivity contribution is 7.13. The van der Waals surface area contributed by atoms with E-state index in [1.165, 1.54) is 5.56 Å². The van der Waals surface area contributed by atoms with Gasteiger partial charge in [-0.1, -0.05) is 17.7 Å². The number of H-pyrrole nitrogens is 1. The fourth-order valence-electron chi connectivity index (χ4n) is 3.11. The van der Waals surface area contributed by atoms with Crippen LogP contribution in [0.4, 0.5) is 0 Å². The van der Waals surface area contributed by atoms with Gasteiger partial charge in [0, 0.05) is 23.9 Å². The summed E-state index contributed by atoms with van der Waals surface area (Å²) in [4.78, 5) is 28.6. The topological polar surface area (TPSA) is 71.2 Å². The van der Waals surface area contributed by atoms with Crippen molar-refractivity contribution in [3.63, 3.8) is 0 Å².